The largest absolute Gasteiger partial charge is 0.370 e. The molecule has 92 valence electrons. The molecule has 0 saturated heterocycles. The van der Waals surface area contributed by atoms with E-state index in [1.807, 2.05) is 6.92 Å². The number of rotatable bonds is 5. The smallest absolute Gasteiger partial charge is 0.251 e. The second-order valence-corrected chi connectivity index (χ2v) is 4.32. The molecule has 2 amide bonds. The average Bonchev–Trinajstić information content (AvgIpc) is 2.27. The van der Waals surface area contributed by atoms with E-state index in [4.69, 9.17) is 17.3 Å². The molecule has 0 radical (unpaired) electrons. The van der Waals surface area contributed by atoms with Crippen LogP contribution in [0.15, 0.2) is 24.3 Å². The summed E-state index contributed by atoms with van der Waals surface area (Å²) in [5.74, 6) is -0.545. The van der Waals surface area contributed by atoms with Gasteiger partial charge in [-0.2, -0.15) is 0 Å². The van der Waals surface area contributed by atoms with Gasteiger partial charge in [-0.25, -0.2) is 0 Å². The molecule has 0 fully saturated rings. The van der Waals surface area contributed by atoms with E-state index in [1.54, 1.807) is 24.3 Å². The minimum atomic E-state index is -0.363. The van der Waals surface area contributed by atoms with Crippen molar-refractivity contribution < 1.29 is 9.59 Å². The SMILES string of the molecule is C[C@@H](CCC(N)=O)NC(=O)c1ccc(Cl)cc1. The van der Waals surface area contributed by atoms with Crippen molar-refractivity contribution in [2.75, 3.05) is 0 Å². The monoisotopic (exact) mass is 254 g/mol. The Morgan fingerprint density at radius 3 is 2.47 bits per heavy atom. The van der Waals surface area contributed by atoms with Gasteiger partial charge in [-0.15, -0.1) is 0 Å². The Balaban J connectivity index is 2.48. The molecule has 0 aliphatic carbocycles. The van der Waals surface area contributed by atoms with E-state index < -0.39 is 0 Å². The number of amides is 2. The number of nitrogens with one attached hydrogen (secondary N) is 1. The fourth-order valence-electron chi connectivity index (χ4n) is 1.34. The Morgan fingerprint density at radius 1 is 1.35 bits per heavy atom. The van der Waals surface area contributed by atoms with E-state index >= 15 is 0 Å². The van der Waals surface area contributed by atoms with Crippen molar-refractivity contribution in [1.82, 2.24) is 5.32 Å². The molecule has 1 rings (SSSR count). The van der Waals surface area contributed by atoms with Crippen LogP contribution in [0.3, 0.4) is 0 Å². The molecular weight excluding hydrogens is 240 g/mol. The van der Waals surface area contributed by atoms with Gasteiger partial charge in [0.15, 0.2) is 0 Å². The third-order valence-corrected chi connectivity index (χ3v) is 2.56. The van der Waals surface area contributed by atoms with Crippen LogP contribution < -0.4 is 11.1 Å². The predicted octanol–water partition coefficient (Wildman–Crippen LogP) is 1.72. The summed E-state index contributed by atoms with van der Waals surface area (Å²) in [6, 6.07) is 6.53. The number of hydrogen-bond donors (Lipinski definition) is 2. The summed E-state index contributed by atoms with van der Waals surface area (Å²) >= 11 is 5.72. The zero-order valence-corrected chi connectivity index (χ0v) is 10.3. The molecule has 0 aliphatic heterocycles. The summed E-state index contributed by atoms with van der Waals surface area (Å²) in [7, 11) is 0. The number of carbonyl (C=O) groups is 2. The van der Waals surface area contributed by atoms with Gasteiger partial charge in [0.25, 0.3) is 5.91 Å². The lowest BCUT2D eigenvalue weighted by molar-refractivity contribution is -0.118. The van der Waals surface area contributed by atoms with Crippen molar-refractivity contribution in [3.05, 3.63) is 34.9 Å². The highest BCUT2D eigenvalue weighted by molar-refractivity contribution is 6.30. The van der Waals surface area contributed by atoms with Crippen LogP contribution in [0.2, 0.25) is 5.02 Å². The van der Waals surface area contributed by atoms with Crippen molar-refractivity contribution in [2.24, 2.45) is 5.73 Å². The van der Waals surface area contributed by atoms with Crippen LogP contribution in [-0.2, 0) is 4.79 Å². The summed E-state index contributed by atoms with van der Waals surface area (Å²) in [6.45, 7) is 1.83. The molecular formula is C12H15ClN2O2. The first kappa shape index (κ1) is 13.5. The lowest BCUT2D eigenvalue weighted by atomic mass is 10.1. The highest BCUT2D eigenvalue weighted by Gasteiger charge is 2.10. The summed E-state index contributed by atoms with van der Waals surface area (Å²) < 4.78 is 0. The standard InChI is InChI=1S/C12H15ClN2O2/c1-8(2-7-11(14)16)15-12(17)9-3-5-10(13)6-4-9/h3-6,8H,2,7H2,1H3,(H2,14,16)(H,15,17)/t8-/m0/s1. The maximum Gasteiger partial charge on any atom is 0.251 e. The first-order chi connectivity index (χ1) is 7.99. The van der Waals surface area contributed by atoms with Gasteiger partial charge in [-0.1, -0.05) is 11.6 Å². The number of hydrogen-bond acceptors (Lipinski definition) is 2. The molecule has 1 atom stereocenters. The minimum Gasteiger partial charge on any atom is -0.370 e. The van der Waals surface area contributed by atoms with E-state index in [-0.39, 0.29) is 24.3 Å². The first-order valence-electron chi connectivity index (χ1n) is 5.34. The maximum atomic E-state index is 11.7. The molecule has 0 aliphatic rings. The number of primary amides is 1. The van der Waals surface area contributed by atoms with Gasteiger partial charge in [0.2, 0.25) is 5.91 Å². The summed E-state index contributed by atoms with van der Waals surface area (Å²) in [5, 5.41) is 3.37. The number of halogens is 1. The predicted molar refractivity (Wildman–Crippen MR) is 66.8 cm³/mol. The summed E-state index contributed by atoms with van der Waals surface area (Å²) in [5.41, 5.74) is 5.57. The molecule has 4 nitrogen and oxygen atoms in total. The average molecular weight is 255 g/mol. The summed E-state index contributed by atoms with van der Waals surface area (Å²) in [4.78, 5) is 22.3. The molecule has 1 aromatic rings. The molecule has 1 aromatic carbocycles. The third kappa shape index (κ3) is 4.87. The quantitative estimate of drug-likeness (QED) is 0.840. The highest BCUT2D eigenvalue weighted by atomic mass is 35.5. The van der Waals surface area contributed by atoms with E-state index in [9.17, 15) is 9.59 Å². The maximum absolute atomic E-state index is 11.7. The van der Waals surface area contributed by atoms with Crippen LogP contribution >= 0.6 is 11.6 Å². The van der Waals surface area contributed by atoms with E-state index in [0.717, 1.165) is 0 Å². The third-order valence-electron chi connectivity index (χ3n) is 2.31. The van der Waals surface area contributed by atoms with Gasteiger partial charge in [0, 0.05) is 23.0 Å². The number of carbonyl (C=O) groups excluding carboxylic acids is 2. The van der Waals surface area contributed by atoms with Gasteiger partial charge < -0.3 is 11.1 Å². The van der Waals surface area contributed by atoms with Crippen molar-refractivity contribution >= 4 is 23.4 Å². The fraction of sp³-hybridized carbons (Fsp3) is 0.333. The fourth-order valence-corrected chi connectivity index (χ4v) is 1.47. The lowest BCUT2D eigenvalue weighted by Crippen LogP contribution is -2.33. The van der Waals surface area contributed by atoms with Gasteiger partial charge in [0.05, 0.1) is 0 Å². The van der Waals surface area contributed by atoms with Crippen LogP contribution in [0.25, 0.3) is 0 Å². The zero-order chi connectivity index (χ0) is 12.8. The van der Waals surface area contributed by atoms with Gasteiger partial charge in [-0.3, -0.25) is 9.59 Å². The molecule has 0 saturated carbocycles. The lowest BCUT2D eigenvalue weighted by Gasteiger charge is -2.12. The van der Waals surface area contributed by atoms with Gasteiger partial charge in [0.1, 0.15) is 0 Å². The zero-order valence-electron chi connectivity index (χ0n) is 9.57. The topological polar surface area (TPSA) is 72.2 Å². The van der Waals surface area contributed by atoms with Crippen LogP contribution in [-0.4, -0.2) is 17.9 Å². The van der Waals surface area contributed by atoms with Crippen LogP contribution in [0, 0.1) is 0 Å². The molecule has 3 N–H and O–H groups in total. The molecule has 0 spiro atoms. The number of benzene rings is 1. The molecule has 5 heteroatoms. The Morgan fingerprint density at radius 2 is 1.94 bits per heavy atom. The minimum absolute atomic E-state index is 0.0920. The van der Waals surface area contributed by atoms with E-state index in [1.165, 1.54) is 0 Å². The van der Waals surface area contributed by atoms with E-state index in [0.29, 0.717) is 17.0 Å². The molecule has 0 aromatic heterocycles. The van der Waals surface area contributed by atoms with Crippen LogP contribution in [0.5, 0.6) is 0 Å². The molecule has 0 unspecified atom stereocenters. The van der Waals surface area contributed by atoms with Crippen LogP contribution in [0.4, 0.5) is 0 Å². The Kier molecular flexibility index (Phi) is 4.97. The second kappa shape index (κ2) is 6.25. The Labute approximate surface area is 105 Å². The van der Waals surface area contributed by atoms with Gasteiger partial charge in [-0.05, 0) is 37.6 Å². The Bertz CT molecular complexity index is 403. The molecule has 17 heavy (non-hydrogen) atoms. The second-order valence-electron chi connectivity index (χ2n) is 3.89. The van der Waals surface area contributed by atoms with Crippen LogP contribution in [0.1, 0.15) is 30.1 Å². The van der Waals surface area contributed by atoms with Crippen molar-refractivity contribution in [3.63, 3.8) is 0 Å². The highest BCUT2D eigenvalue weighted by Crippen LogP contribution is 2.09. The van der Waals surface area contributed by atoms with Crippen molar-refractivity contribution in [3.8, 4) is 0 Å². The van der Waals surface area contributed by atoms with Crippen molar-refractivity contribution in [2.45, 2.75) is 25.8 Å². The summed E-state index contributed by atoms with van der Waals surface area (Å²) in [6.07, 6.45) is 0.802. The molecule has 0 bridgehead atoms. The molecule has 0 heterocycles. The Hall–Kier alpha value is -1.55. The number of nitrogens with two attached hydrogens (primary N) is 1. The van der Waals surface area contributed by atoms with E-state index in [2.05, 4.69) is 5.32 Å². The normalized spacial score (nSPS) is 11.9. The first-order valence-corrected chi connectivity index (χ1v) is 5.71. The van der Waals surface area contributed by atoms with Crippen molar-refractivity contribution in [1.29, 1.82) is 0 Å². The van der Waals surface area contributed by atoms with Gasteiger partial charge >= 0.3 is 0 Å².